The van der Waals surface area contributed by atoms with Crippen LogP contribution < -0.4 is 19.5 Å². The molecule has 0 aliphatic heterocycles. The van der Waals surface area contributed by atoms with E-state index in [1.807, 2.05) is 13.0 Å². The summed E-state index contributed by atoms with van der Waals surface area (Å²) in [5.41, 5.74) is 0.883. The number of aryl methyl sites for hydroxylation is 1. The molecule has 11 heteroatoms. The van der Waals surface area contributed by atoms with Gasteiger partial charge in [0.15, 0.2) is 5.82 Å². The predicted molar refractivity (Wildman–Crippen MR) is 107 cm³/mol. The smallest absolute Gasteiger partial charge is 0.244 e. The van der Waals surface area contributed by atoms with Gasteiger partial charge in [-0.15, -0.1) is 10.2 Å². The lowest BCUT2D eigenvalue weighted by atomic mass is 10.3. The van der Waals surface area contributed by atoms with Gasteiger partial charge >= 0.3 is 0 Å². The van der Waals surface area contributed by atoms with Crippen LogP contribution in [0.4, 0.5) is 5.82 Å². The molecule has 3 rings (SSSR count). The van der Waals surface area contributed by atoms with Crippen molar-refractivity contribution in [3.05, 3.63) is 48.3 Å². The maximum absolute atomic E-state index is 12.6. The molecule has 0 spiro atoms. The van der Waals surface area contributed by atoms with Crippen molar-refractivity contribution in [1.82, 2.24) is 24.7 Å². The highest BCUT2D eigenvalue weighted by atomic mass is 32.2. The van der Waals surface area contributed by atoms with E-state index in [0.29, 0.717) is 23.9 Å². The first kappa shape index (κ1) is 20.6. The number of aromatic nitrogens is 4. The zero-order valence-corrected chi connectivity index (χ0v) is 17.1. The van der Waals surface area contributed by atoms with E-state index in [2.05, 4.69) is 25.3 Å². The third-order valence-electron chi connectivity index (χ3n) is 3.99. The summed E-state index contributed by atoms with van der Waals surface area (Å²) >= 11 is 0. The lowest BCUT2D eigenvalue weighted by Gasteiger charge is -2.12. The van der Waals surface area contributed by atoms with Crippen LogP contribution >= 0.6 is 0 Å². The number of nitrogens with one attached hydrogen (secondary N) is 2. The van der Waals surface area contributed by atoms with Crippen molar-refractivity contribution >= 4 is 15.8 Å². The Hall–Kier alpha value is -3.18. The average Bonchev–Trinajstić information content (AvgIpc) is 3.17. The van der Waals surface area contributed by atoms with Crippen LogP contribution in [0.1, 0.15) is 5.69 Å². The first-order valence-corrected chi connectivity index (χ1v) is 10.2. The summed E-state index contributed by atoms with van der Waals surface area (Å²) in [6, 6.07) is 9.98. The molecule has 1 aromatic carbocycles. The van der Waals surface area contributed by atoms with Crippen LogP contribution in [-0.2, 0) is 10.0 Å². The zero-order chi connectivity index (χ0) is 20.9. The van der Waals surface area contributed by atoms with E-state index in [1.165, 1.54) is 20.3 Å². The van der Waals surface area contributed by atoms with E-state index in [4.69, 9.17) is 9.47 Å². The molecule has 0 radical (unpaired) electrons. The van der Waals surface area contributed by atoms with Crippen LogP contribution in [0.3, 0.4) is 0 Å². The highest BCUT2D eigenvalue weighted by Gasteiger charge is 2.20. The molecule has 29 heavy (non-hydrogen) atoms. The average molecular weight is 418 g/mol. The van der Waals surface area contributed by atoms with Gasteiger partial charge in [-0.2, -0.15) is 5.10 Å². The fourth-order valence-electron chi connectivity index (χ4n) is 2.53. The molecule has 3 aromatic rings. The minimum absolute atomic E-state index is 0.0120. The molecule has 0 aliphatic rings. The minimum atomic E-state index is -3.77. The number of sulfonamides is 1. The van der Waals surface area contributed by atoms with E-state index in [-0.39, 0.29) is 17.2 Å². The summed E-state index contributed by atoms with van der Waals surface area (Å²) in [7, 11) is -0.893. The molecule has 2 N–H and O–H groups in total. The standard InChI is InChI=1S/C18H22N6O4S/c1-13-8-11-24(23-13)18-7-6-17(21-22-18)19-9-10-20-29(25,26)16-12-14(27-2)4-5-15(16)28-3/h4-8,11-12,20H,9-10H2,1-3H3,(H,19,21). The number of ether oxygens (including phenoxy) is 2. The molecule has 0 amide bonds. The molecule has 0 atom stereocenters. The van der Waals surface area contributed by atoms with Crippen molar-refractivity contribution < 1.29 is 17.9 Å². The molecule has 0 unspecified atom stereocenters. The van der Waals surface area contributed by atoms with E-state index < -0.39 is 10.0 Å². The van der Waals surface area contributed by atoms with Gasteiger partial charge in [0.05, 0.1) is 19.9 Å². The van der Waals surface area contributed by atoms with Crippen molar-refractivity contribution in [3.63, 3.8) is 0 Å². The predicted octanol–water partition coefficient (Wildman–Crippen LogP) is 1.38. The zero-order valence-electron chi connectivity index (χ0n) is 16.3. The van der Waals surface area contributed by atoms with Gasteiger partial charge in [-0.3, -0.25) is 0 Å². The summed E-state index contributed by atoms with van der Waals surface area (Å²) in [5.74, 6) is 1.78. The lowest BCUT2D eigenvalue weighted by molar-refractivity contribution is 0.392. The molecule has 0 aliphatic carbocycles. The minimum Gasteiger partial charge on any atom is -0.497 e. The normalized spacial score (nSPS) is 11.3. The molecule has 0 saturated heterocycles. The summed E-state index contributed by atoms with van der Waals surface area (Å²) in [4.78, 5) is 0.0120. The van der Waals surface area contributed by atoms with Crippen molar-refractivity contribution in [1.29, 1.82) is 0 Å². The van der Waals surface area contributed by atoms with Crippen LogP contribution in [-0.4, -0.2) is 55.7 Å². The second-order valence-electron chi connectivity index (χ2n) is 6.02. The Morgan fingerprint density at radius 2 is 1.86 bits per heavy atom. The van der Waals surface area contributed by atoms with Crippen LogP contribution in [0.25, 0.3) is 5.82 Å². The largest absolute Gasteiger partial charge is 0.497 e. The first-order chi connectivity index (χ1) is 13.9. The van der Waals surface area contributed by atoms with E-state index in [9.17, 15) is 8.42 Å². The van der Waals surface area contributed by atoms with Gasteiger partial charge in [-0.25, -0.2) is 17.8 Å². The van der Waals surface area contributed by atoms with E-state index >= 15 is 0 Å². The Morgan fingerprint density at radius 3 is 2.48 bits per heavy atom. The molecule has 2 heterocycles. The van der Waals surface area contributed by atoms with Crippen molar-refractivity contribution in [2.24, 2.45) is 0 Å². The lowest BCUT2D eigenvalue weighted by Crippen LogP contribution is -2.29. The highest BCUT2D eigenvalue weighted by molar-refractivity contribution is 7.89. The monoisotopic (exact) mass is 418 g/mol. The first-order valence-electron chi connectivity index (χ1n) is 8.75. The topological polar surface area (TPSA) is 120 Å². The molecule has 0 bridgehead atoms. The molecular weight excluding hydrogens is 396 g/mol. The summed E-state index contributed by atoms with van der Waals surface area (Å²) in [5, 5.41) is 15.5. The molecule has 0 fully saturated rings. The van der Waals surface area contributed by atoms with Crippen LogP contribution in [0.5, 0.6) is 11.5 Å². The Morgan fingerprint density at radius 1 is 1.03 bits per heavy atom. The number of hydrogen-bond donors (Lipinski definition) is 2. The van der Waals surface area contributed by atoms with Gasteiger partial charge in [0, 0.05) is 25.4 Å². The number of benzene rings is 1. The number of methoxy groups -OCH3 is 2. The molecule has 0 saturated carbocycles. The SMILES string of the molecule is COc1ccc(OC)c(S(=O)(=O)NCCNc2ccc(-n3ccc(C)n3)nn2)c1. The van der Waals surface area contributed by atoms with Gasteiger partial charge in [-0.05, 0) is 37.3 Å². The fraction of sp³-hybridized carbons (Fsp3) is 0.278. The Labute approximate surface area is 168 Å². The Bertz CT molecular complexity index is 1070. The van der Waals surface area contributed by atoms with E-state index in [1.54, 1.807) is 35.1 Å². The fourth-order valence-corrected chi connectivity index (χ4v) is 3.75. The van der Waals surface area contributed by atoms with E-state index in [0.717, 1.165) is 5.69 Å². The molecule has 154 valence electrons. The van der Waals surface area contributed by atoms with Crippen LogP contribution in [0, 0.1) is 6.92 Å². The molecular formula is C18H22N6O4S. The maximum Gasteiger partial charge on any atom is 0.244 e. The Balaban J connectivity index is 1.57. The van der Waals surface area contributed by atoms with Crippen molar-refractivity contribution in [2.45, 2.75) is 11.8 Å². The Kier molecular flexibility index (Phi) is 6.29. The molecule has 10 nitrogen and oxygen atoms in total. The van der Waals surface area contributed by atoms with Gasteiger partial charge < -0.3 is 14.8 Å². The number of hydrogen-bond acceptors (Lipinski definition) is 8. The number of rotatable bonds is 9. The van der Waals surface area contributed by atoms with Gasteiger partial charge in [0.25, 0.3) is 0 Å². The van der Waals surface area contributed by atoms with Gasteiger partial charge in [0.1, 0.15) is 22.2 Å². The van der Waals surface area contributed by atoms with Crippen molar-refractivity contribution in [3.8, 4) is 17.3 Å². The second kappa shape index (κ2) is 8.88. The van der Waals surface area contributed by atoms with Crippen LogP contribution in [0.15, 0.2) is 47.5 Å². The third-order valence-corrected chi connectivity index (χ3v) is 5.47. The number of anilines is 1. The summed E-state index contributed by atoms with van der Waals surface area (Å²) in [6.07, 6.45) is 1.80. The third kappa shape index (κ3) is 5.00. The van der Waals surface area contributed by atoms with Crippen LogP contribution in [0.2, 0.25) is 0 Å². The summed E-state index contributed by atoms with van der Waals surface area (Å²) in [6.45, 7) is 2.35. The maximum atomic E-state index is 12.6. The van der Waals surface area contributed by atoms with Crippen molar-refractivity contribution in [2.75, 3.05) is 32.6 Å². The van der Waals surface area contributed by atoms with Gasteiger partial charge in [0.2, 0.25) is 10.0 Å². The second-order valence-corrected chi connectivity index (χ2v) is 7.76. The quantitative estimate of drug-likeness (QED) is 0.500. The van der Waals surface area contributed by atoms with Gasteiger partial charge in [-0.1, -0.05) is 0 Å². The summed E-state index contributed by atoms with van der Waals surface area (Å²) < 4.78 is 39.6. The number of nitrogens with zero attached hydrogens (tertiary/aromatic N) is 4. The molecule has 2 aromatic heterocycles. The highest BCUT2D eigenvalue weighted by Crippen LogP contribution is 2.27.